The number of H-pyrrole nitrogens is 1. The number of tetrazole rings is 1. The Morgan fingerprint density at radius 1 is 1.15 bits per heavy atom. The molecule has 0 spiro atoms. The summed E-state index contributed by atoms with van der Waals surface area (Å²) < 4.78 is 5.16. The van der Waals surface area contributed by atoms with Gasteiger partial charge in [0.2, 0.25) is 11.9 Å². The van der Waals surface area contributed by atoms with Crippen molar-refractivity contribution in [3.05, 3.63) is 46.0 Å². The Morgan fingerprint density at radius 2 is 1.98 bits per heavy atom. The van der Waals surface area contributed by atoms with Crippen LogP contribution in [0.4, 0.5) is 22.7 Å². The zero-order valence-corrected chi connectivity index (χ0v) is 23.5. The second-order valence-corrected chi connectivity index (χ2v) is 10.7. The average molecular weight is 576 g/mol. The molecule has 14 nitrogen and oxygen atoms in total. The fraction of sp³-hybridized carbons (Fsp3) is 0.385. The van der Waals surface area contributed by atoms with Gasteiger partial charge >= 0.3 is 5.97 Å². The van der Waals surface area contributed by atoms with Crippen molar-refractivity contribution in [2.45, 2.75) is 33.2 Å². The lowest BCUT2D eigenvalue weighted by molar-refractivity contribution is -0.120. The number of hydrogen-bond acceptors (Lipinski definition) is 13. The summed E-state index contributed by atoms with van der Waals surface area (Å²) in [4.78, 5) is 43.6. The fourth-order valence-electron chi connectivity index (χ4n) is 4.99. The van der Waals surface area contributed by atoms with E-state index in [-0.39, 0.29) is 19.1 Å². The molecule has 4 aromatic rings. The van der Waals surface area contributed by atoms with Crippen molar-refractivity contribution in [3.63, 3.8) is 0 Å². The van der Waals surface area contributed by atoms with Gasteiger partial charge in [0.05, 0.1) is 18.8 Å². The Balaban J connectivity index is 1.33. The molecule has 41 heavy (non-hydrogen) atoms. The third-order valence-corrected chi connectivity index (χ3v) is 7.93. The molecule has 0 atom stereocenters. The molecule has 1 aromatic carbocycles. The predicted molar refractivity (Wildman–Crippen MR) is 152 cm³/mol. The second-order valence-electron chi connectivity index (χ2n) is 9.70. The summed E-state index contributed by atoms with van der Waals surface area (Å²) in [6, 6.07) is 8.08. The SMILES string of the molecule is CCOC(=O)c1sc(Nc2nc(N3CCNC(=O)C3)c3c(n2)N(Cc2ccc(-c4nnn[nH]4)cc2)CCC3)nc1C. The lowest BCUT2D eigenvalue weighted by atomic mass is 10.0. The Kier molecular flexibility index (Phi) is 7.41. The number of hydrogen-bond donors (Lipinski definition) is 3. The van der Waals surface area contributed by atoms with Crippen molar-refractivity contribution in [2.24, 2.45) is 0 Å². The Labute approximate surface area is 239 Å². The van der Waals surface area contributed by atoms with E-state index in [1.807, 2.05) is 17.0 Å². The Hall–Kier alpha value is -4.66. The van der Waals surface area contributed by atoms with Crippen LogP contribution >= 0.6 is 11.3 Å². The molecule has 1 saturated heterocycles. The number of aromatic amines is 1. The number of piperazine rings is 1. The summed E-state index contributed by atoms with van der Waals surface area (Å²) in [5.74, 6) is 2.08. The minimum absolute atomic E-state index is 0.0394. The van der Waals surface area contributed by atoms with Crippen molar-refractivity contribution < 1.29 is 14.3 Å². The number of thiazole rings is 1. The highest BCUT2D eigenvalue weighted by atomic mass is 32.1. The summed E-state index contributed by atoms with van der Waals surface area (Å²) in [7, 11) is 0. The molecule has 2 aliphatic heterocycles. The van der Waals surface area contributed by atoms with E-state index >= 15 is 0 Å². The predicted octanol–water partition coefficient (Wildman–Crippen LogP) is 2.23. The number of nitrogens with one attached hydrogen (secondary N) is 3. The van der Waals surface area contributed by atoms with Gasteiger partial charge in [-0.05, 0) is 42.7 Å². The first-order valence-corrected chi connectivity index (χ1v) is 14.2. The first kappa shape index (κ1) is 26.6. The normalized spacial score (nSPS) is 14.9. The zero-order valence-electron chi connectivity index (χ0n) is 22.7. The summed E-state index contributed by atoms with van der Waals surface area (Å²) in [6.07, 6.45) is 1.74. The summed E-state index contributed by atoms with van der Waals surface area (Å²) in [5, 5.41) is 20.6. The van der Waals surface area contributed by atoms with Crippen LogP contribution in [0.15, 0.2) is 24.3 Å². The van der Waals surface area contributed by atoms with Gasteiger partial charge in [0.15, 0.2) is 11.0 Å². The third-order valence-electron chi connectivity index (χ3n) is 6.88. The first-order valence-electron chi connectivity index (χ1n) is 13.4. The van der Waals surface area contributed by atoms with Crippen LogP contribution in [-0.2, 0) is 22.5 Å². The molecule has 0 aliphatic carbocycles. The molecule has 1 amide bonds. The number of aryl methyl sites for hydroxylation is 1. The number of benzene rings is 1. The number of amides is 1. The molecular formula is C26H29N11O3S. The maximum atomic E-state index is 12.3. The zero-order chi connectivity index (χ0) is 28.3. The second kappa shape index (κ2) is 11.4. The van der Waals surface area contributed by atoms with Gasteiger partial charge in [-0.2, -0.15) is 9.97 Å². The van der Waals surface area contributed by atoms with Crippen LogP contribution in [-0.4, -0.2) is 80.2 Å². The number of aromatic nitrogens is 7. The van der Waals surface area contributed by atoms with Gasteiger partial charge in [0.25, 0.3) is 0 Å². The number of ether oxygens (including phenoxy) is 1. The van der Waals surface area contributed by atoms with Crippen LogP contribution in [0.25, 0.3) is 11.4 Å². The number of rotatable bonds is 8. The minimum Gasteiger partial charge on any atom is -0.462 e. The van der Waals surface area contributed by atoms with Crippen LogP contribution in [0.5, 0.6) is 0 Å². The van der Waals surface area contributed by atoms with Gasteiger partial charge < -0.3 is 19.9 Å². The van der Waals surface area contributed by atoms with Crippen LogP contribution in [0.3, 0.4) is 0 Å². The van der Waals surface area contributed by atoms with Crippen molar-refractivity contribution in [2.75, 3.05) is 47.9 Å². The van der Waals surface area contributed by atoms with Crippen molar-refractivity contribution in [1.29, 1.82) is 0 Å². The van der Waals surface area contributed by atoms with E-state index < -0.39 is 5.97 Å². The molecule has 0 radical (unpaired) electrons. The van der Waals surface area contributed by atoms with E-state index in [0.717, 1.165) is 47.7 Å². The molecule has 0 unspecified atom stereocenters. The fourth-order valence-corrected chi connectivity index (χ4v) is 5.84. The largest absolute Gasteiger partial charge is 0.462 e. The van der Waals surface area contributed by atoms with Gasteiger partial charge in [0, 0.05) is 37.3 Å². The summed E-state index contributed by atoms with van der Waals surface area (Å²) in [5.41, 5.74) is 3.60. The van der Waals surface area contributed by atoms with E-state index in [4.69, 9.17) is 14.7 Å². The number of fused-ring (bicyclic) bond motifs is 1. The number of nitrogens with zero attached hydrogens (tertiary/aromatic N) is 8. The van der Waals surface area contributed by atoms with Gasteiger partial charge in [-0.3, -0.25) is 10.1 Å². The molecule has 1 fully saturated rings. The maximum absolute atomic E-state index is 12.3. The Morgan fingerprint density at radius 3 is 2.73 bits per heavy atom. The molecule has 15 heteroatoms. The highest BCUT2D eigenvalue weighted by molar-refractivity contribution is 7.17. The van der Waals surface area contributed by atoms with E-state index in [1.165, 1.54) is 11.3 Å². The molecular weight excluding hydrogens is 546 g/mol. The molecule has 3 aromatic heterocycles. The first-order chi connectivity index (χ1) is 20.0. The number of carbonyl (C=O) groups is 2. The molecule has 6 rings (SSSR count). The standard InChI is InChI=1S/C26H29N11O3S/c1-3-40-24(39)20-15(2)28-26(41-20)31-25-29-22-18(23(30-25)37-12-10-27-19(38)14-37)5-4-11-36(22)13-16-6-8-17(9-7-16)21-32-34-35-33-21/h6-9H,3-5,10-14H2,1-2H3,(H,27,38)(H,28,29,30,31)(H,32,33,34,35). The summed E-state index contributed by atoms with van der Waals surface area (Å²) in [6.45, 7) is 6.71. The quantitative estimate of drug-likeness (QED) is 0.263. The molecule has 2 aliphatic rings. The monoisotopic (exact) mass is 575 g/mol. The number of esters is 1. The van der Waals surface area contributed by atoms with E-state index in [0.29, 0.717) is 47.1 Å². The van der Waals surface area contributed by atoms with E-state index in [2.05, 4.69) is 53.3 Å². The lowest BCUT2D eigenvalue weighted by Crippen LogP contribution is -2.48. The molecule has 5 heterocycles. The van der Waals surface area contributed by atoms with E-state index in [9.17, 15) is 9.59 Å². The molecule has 0 bridgehead atoms. The summed E-state index contributed by atoms with van der Waals surface area (Å²) >= 11 is 1.20. The Bertz CT molecular complexity index is 1560. The van der Waals surface area contributed by atoms with Crippen molar-refractivity contribution in [1.82, 2.24) is 40.9 Å². The average Bonchev–Trinajstić information content (AvgIpc) is 3.64. The highest BCUT2D eigenvalue weighted by Crippen LogP contribution is 2.36. The van der Waals surface area contributed by atoms with Gasteiger partial charge in [-0.25, -0.2) is 14.9 Å². The topological polar surface area (TPSA) is 167 Å². The smallest absolute Gasteiger partial charge is 0.350 e. The van der Waals surface area contributed by atoms with E-state index in [1.54, 1.807) is 13.8 Å². The van der Waals surface area contributed by atoms with Crippen LogP contribution < -0.4 is 20.4 Å². The molecule has 212 valence electrons. The van der Waals surface area contributed by atoms with Crippen LogP contribution in [0.1, 0.15) is 39.8 Å². The number of carbonyl (C=O) groups excluding carboxylic acids is 2. The van der Waals surface area contributed by atoms with Crippen molar-refractivity contribution in [3.8, 4) is 11.4 Å². The minimum atomic E-state index is -0.404. The van der Waals surface area contributed by atoms with Gasteiger partial charge in [-0.1, -0.05) is 35.6 Å². The van der Waals surface area contributed by atoms with Gasteiger partial charge in [-0.15, -0.1) is 5.10 Å². The molecule has 3 N–H and O–H groups in total. The molecule has 0 saturated carbocycles. The van der Waals surface area contributed by atoms with Crippen molar-refractivity contribution >= 4 is 45.9 Å². The lowest BCUT2D eigenvalue weighted by Gasteiger charge is -2.35. The maximum Gasteiger partial charge on any atom is 0.350 e. The van der Waals surface area contributed by atoms with Crippen LogP contribution in [0.2, 0.25) is 0 Å². The van der Waals surface area contributed by atoms with Crippen LogP contribution in [0, 0.1) is 6.92 Å². The third kappa shape index (κ3) is 5.66. The van der Waals surface area contributed by atoms with Gasteiger partial charge in [0.1, 0.15) is 16.5 Å². The number of anilines is 4. The highest BCUT2D eigenvalue weighted by Gasteiger charge is 2.29.